The summed E-state index contributed by atoms with van der Waals surface area (Å²) in [5, 5.41) is 13.0. The maximum atomic E-state index is 8.98. The number of aromatic nitrogens is 2. The highest BCUT2D eigenvalue weighted by Crippen LogP contribution is 2.14. The Morgan fingerprint density at radius 3 is 2.94 bits per heavy atom. The molecule has 2 aromatic rings. The van der Waals surface area contributed by atoms with Crippen LogP contribution in [0.25, 0.3) is 0 Å². The van der Waals surface area contributed by atoms with Gasteiger partial charge in [0.2, 0.25) is 0 Å². The van der Waals surface area contributed by atoms with Crippen LogP contribution in [0.1, 0.15) is 11.1 Å². The van der Waals surface area contributed by atoms with E-state index in [0.29, 0.717) is 6.61 Å². The summed E-state index contributed by atoms with van der Waals surface area (Å²) in [5.41, 5.74) is 1.88. The minimum atomic E-state index is 0.0318. The first kappa shape index (κ1) is 10.7. The summed E-state index contributed by atoms with van der Waals surface area (Å²) in [5.74, 6) is 0.760. The number of aliphatic hydroxyl groups is 1. The summed E-state index contributed by atoms with van der Waals surface area (Å²) in [7, 11) is 1.87. The largest absolute Gasteiger partial charge is 0.489 e. The van der Waals surface area contributed by atoms with Crippen LogP contribution in [0.4, 0.5) is 0 Å². The lowest BCUT2D eigenvalue weighted by Gasteiger charge is -2.05. The number of aliphatic hydroxyl groups excluding tert-OH is 1. The van der Waals surface area contributed by atoms with Crippen molar-refractivity contribution in [3.8, 4) is 5.75 Å². The van der Waals surface area contributed by atoms with Gasteiger partial charge in [0.15, 0.2) is 0 Å². The Labute approximate surface area is 94.1 Å². The molecular weight excluding hydrogens is 204 g/mol. The van der Waals surface area contributed by atoms with Gasteiger partial charge in [0, 0.05) is 18.8 Å². The van der Waals surface area contributed by atoms with Crippen LogP contribution in [0, 0.1) is 0 Å². The van der Waals surface area contributed by atoms with E-state index in [-0.39, 0.29) is 6.61 Å². The SMILES string of the molecule is Cn1cc(COc2cccc(CO)c2)cn1. The second-order valence-corrected chi connectivity index (χ2v) is 3.62. The molecule has 0 saturated carbocycles. The van der Waals surface area contributed by atoms with Crippen molar-refractivity contribution < 1.29 is 9.84 Å². The Bertz CT molecular complexity index is 466. The molecule has 0 aliphatic heterocycles. The molecule has 0 unspecified atom stereocenters. The smallest absolute Gasteiger partial charge is 0.120 e. The number of hydrogen-bond donors (Lipinski definition) is 1. The Hall–Kier alpha value is -1.81. The summed E-state index contributed by atoms with van der Waals surface area (Å²) in [4.78, 5) is 0. The van der Waals surface area contributed by atoms with E-state index in [2.05, 4.69) is 5.10 Å². The minimum Gasteiger partial charge on any atom is -0.489 e. The zero-order valence-corrected chi connectivity index (χ0v) is 9.13. The molecule has 0 saturated heterocycles. The Kier molecular flexibility index (Phi) is 3.22. The van der Waals surface area contributed by atoms with Crippen LogP contribution in [-0.2, 0) is 20.3 Å². The standard InChI is InChI=1S/C12H14N2O2/c1-14-7-11(6-13-14)9-16-12-4-2-3-10(5-12)8-15/h2-7,15H,8-9H2,1H3. The lowest BCUT2D eigenvalue weighted by atomic mass is 10.2. The number of nitrogens with zero attached hydrogens (tertiary/aromatic N) is 2. The van der Waals surface area contributed by atoms with Crippen molar-refractivity contribution in [1.82, 2.24) is 9.78 Å². The van der Waals surface area contributed by atoms with E-state index in [0.717, 1.165) is 16.9 Å². The van der Waals surface area contributed by atoms with Gasteiger partial charge in [-0.3, -0.25) is 4.68 Å². The summed E-state index contributed by atoms with van der Waals surface area (Å²) in [6, 6.07) is 7.42. The van der Waals surface area contributed by atoms with E-state index in [9.17, 15) is 0 Å². The first-order valence-corrected chi connectivity index (χ1v) is 5.08. The lowest BCUT2D eigenvalue weighted by molar-refractivity contribution is 0.278. The summed E-state index contributed by atoms with van der Waals surface area (Å²) < 4.78 is 7.32. The molecule has 1 aromatic carbocycles. The third-order valence-corrected chi connectivity index (χ3v) is 2.24. The zero-order valence-electron chi connectivity index (χ0n) is 9.13. The molecule has 0 atom stereocenters. The van der Waals surface area contributed by atoms with Crippen LogP contribution < -0.4 is 4.74 Å². The molecule has 84 valence electrons. The van der Waals surface area contributed by atoms with Crippen LogP contribution in [0.3, 0.4) is 0 Å². The normalized spacial score (nSPS) is 10.4. The molecule has 4 heteroatoms. The first-order chi connectivity index (χ1) is 7.78. The molecule has 0 amide bonds. The van der Waals surface area contributed by atoms with Crippen molar-refractivity contribution in [3.05, 3.63) is 47.8 Å². The molecule has 0 aliphatic rings. The number of rotatable bonds is 4. The van der Waals surface area contributed by atoms with E-state index >= 15 is 0 Å². The van der Waals surface area contributed by atoms with Crippen LogP contribution in [0.5, 0.6) is 5.75 Å². The molecule has 0 fully saturated rings. The maximum absolute atomic E-state index is 8.98. The molecule has 1 aromatic heterocycles. The monoisotopic (exact) mass is 218 g/mol. The highest BCUT2D eigenvalue weighted by atomic mass is 16.5. The van der Waals surface area contributed by atoms with E-state index in [4.69, 9.17) is 9.84 Å². The quantitative estimate of drug-likeness (QED) is 0.845. The third kappa shape index (κ3) is 2.61. The topological polar surface area (TPSA) is 47.3 Å². The fourth-order valence-corrected chi connectivity index (χ4v) is 1.45. The molecule has 0 radical (unpaired) electrons. The summed E-state index contributed by atoms with van der Waals surface area (Å²) >= 11 is 0. The number of aryl methyl sites for hydroxylation is 1. The van der Waals surface area contributed by atoms with Crippen molar-refractivity contribution in [2.45, 2.75) is 13.2 Å². The number of benzene rings is 1. The fourth-order valence-electron chi connectivity index (χ4n) is 1.45. The van der Waals surface area contributed by atoms with Crippen LogP contribution >= 0.6 is 0 Å². The van der Waals surface area contributed by atoms with Gasteiger partial charge < -0.3 is 9.84 Å². The van der Waals surface area contributed by atoms with Crippen LogP contribution in [-0.4, -0.2) is 14.9 Å². The van der Waals surface area contributed by atoms with E-state index < -0.39 is 0 Å². The molecule has 1 heterocycles. The Morgan fingerprint density at radius 2 is 2.25 bits per heavy atom. The van der Waals surface area contributed by atoms with Crippen molar-refractivity contribution in [1.29, 1.82) is 0 Å². The predicted molar refractivity (Wildman–Crippen MR) is 59.9 cm³/mol. The zero-order chi connectivity index (χ0) is 11.4. The maximum Gasteiger partial charge on any atom is 0.120 e. The molecule has 0 spiro atoms. The average molecular weight is 218 g/mol. The van der Waals surface area contributed by atoms with Crippen molar-refractivity contribution in [3.63, 3.8) is 0 Å². The van der Waals surface area contributed by atoms with Gasteiger partial charge in [-0.2, -0.15) is 5.10 Å². The number of hydrogen-bond acceptors (Lipinski definition) is 3. The molecule has 2 rings (SSSR count). The van der Waals surface area contributed by atoms with Crippen molar-refractivity contribution in [2.24, 2.45) is 7.05 Å². The highest BCUT2D eigenvalue weighted by Gasteiger charge is 1.99. The van der Waals surface area contributed by atoms with Crippen molar-refractivity contribution in [2.75, 3.05) is 0 Å². The highest BCUT2D eigenvalue weighted by molar-refractivity contribution is 5.28. The van der Waals surface area contributed by atoms with Crippen molar-refractivity contribution >= 4 is 0 Å². The second kappa shape index (κ2) is 4.81. The Morgan fingerprint density at radius 1 is 1.38 bits per heavy atom. The fraction of sp³-hybridized carbons (Fsp3) is 0.250. The third-order valence-electron chi connectivity index (χ3n) is 2.24. The number of ether oxygens (including phenoxy) is 1. The first-order valence-electron chi connectivity index (χ1n) is 5.08. The minimum absolute atomic E-state index is 0.0318. The molecule has 0 aliphatic carbocycles. The van der Waals surface area contributed by atoms with E-state index in [1.54, 1.807) is 10.9 Å². The van der Waals surface area contributed by atoms with Gasteiger partial charge in [-0.15, -0.1) is 0 Å². The molecule has 0 bridgehead atoms. The van der Waals surface area contributed by atoms with E-state index in [1.807, 2.05) is 37.5 Å². The second-order valence-electron chi connectivity index (χ2n) is 3.62. The van der Waals surface area contributed by atoms with Gasteiger partial charge in [0.1, 0.15) is 12.4 Å². The Balaban J connectivity index is 1.99. The molecule has 1 N–H and O–H groups in total. The predicted octanol–water partition coefficient (Wildman–Crippen LogP) is 1.49. The molecule has 16 heavy (non-hydrogen) atoms. The van der Waals surface area contributed by atoms with Gasteiger partial charge in [-0.25, -0.2) is 0 Å². The van der Waals surface area contributed by atoms with Gasteiger partial charge >= 0.3 is 0 Å². The van der Waals surface area contributed by atoms with Gasteiger partial charge in [0.05, 0.1) is 12.8 Å². The van der Waals surface area contributed by atoms with Gasteiger partial charge in [0.25, 0.3) is 0 Å². The van der Waals surface area contributed by atoms with Gasteiger partial charge in [-0.05, 0) is 17.7 Å². The van der Waals surface area contributed by atoms with Crippen LogP contribution in [0.2, 0.25) is 0 Å². The molecule has 4 nitrogen and oxygen atoms in total. The summed E-state index contributed by atoms with van der Waals surface area (Å²) in [6.45, 7) is 0.521. The average Bonchev–Trinajstić information content (AvgIpc) is 2.73. The van der Waals surface area contributed by atoms with Gasteiger partial charge in [-0.1, -0.05) is 12.1 Å². The van der Waals surface area contributed by atoms with Crippen LogP contribution in [0.15, 0.2) is 36.7 Å². The lowest BCUT2D eigenvalue weighted by Crippen LogP contribution is -1.95. The summed E-state index contributed by atoms with van der Waals surface area (Å²) in [6.07, 6.45) is 3.69. The molecular formula is C12H14N2O2. The van der Waals surface area contributed by atoms with E-state index in [1.165, 1.54) is 0 Å².